The minimum Gasteiger partial charge on any atom is -0.545 e. The third-order valence-electron chi connectivity index (χ3n) is 3.98. The van der Waals surface area contributed by atoms with Crippen LogP contribution in [0.5, 0.6) is 0 Å². The van der Waals surface area contributed by atoms with Crippen LogP contribution in [0.2, 0.25) is 5.02 Å². The molecule has 138 valence electrons. The number of aromatic carboxylic acids is 1. The summed E-state index contributed by atoms with van der Waals surface area (Å²) in [6.07, 6.45) is 0. The highest BCUT2D eigenvalue weighted by atomic mass is 35.5. The van der Waals surface area contributed by atoms with Gasteiger partial charge in [0, 0.05) is 16.0 Å². The number of nitrogens with one attached hydrogen (secondary N) is 1. The normalized spacial score (nSPS) is 11.0. The average molecular weight is 385 g/mol. The maximum Gasteiger partial charge on any atom is 0.276 e. The molecule has 0 saturated heterocycles. The fourth-order valence-electron chi connectivity index (χ4n) is 2.70. The van der Waals surface area contributed by atoms with Crippen molar-refractivity contribution in [1.29, 1.82) is 0 Å². The first-order valence-corrected chi connectivity index (χ1v) is 8.51. The first-order chi connectivity index (χ1) is 12.8. The quantitative estimate of drug-likeness (QED) is 0.742. The molecular weight excluding hydrogens is 370 g/mol. The molecule has 0 saturated carbocycles. The van der Waals surface area contributed by atoms with Crippen molar-refractivity contribution < 1.29 is 14.7 Å². The highest BCUT2D eigenvalue weighted by Gasteiger charge is 2.19. The van der Waals surface area contributed by atoms with E-state index in [9.17, 15) is 19.5 Å². The summed E-state index contributed by atoms with van der Waals surface area (Å²) >= 11 is 5.91. The molecule has 0 radical (unpaired) electrons. The summed E-state index contributed by atoms with van der Waals surface area (Å²) in [6, 6.07) is 10.3. The van der Waals surface area contributed by atoms with E-state index in [2.05, 4.69) is 10.4 Å². The number of carbonyl (C=O) groups is 2. The molecule has 0 bridgehead atoms. The third-order valence-corrected chi connectivity index (χ3v) is 4.22. The van der Waals surface area contributed by atoms with Gasteiger partial charge in [-0.15, -0.1) is 0 Å². The number of carbonyl (C=O) groups excluding carboxylic acids is 2. The lowest BCUT2D eigenvalue weighted by Crippen LogP contribution is -2.29. The van der Waals surface area contributed by atoms with Gasteiger partial charge in [-0.25, -0.2) is 4.68 Å². The molecule has 27 heavy (non-hydrogen) atoms. The average Bonchev–Trinajstić information content (AvgIpc) is 2.61. The van der Waals surface area contributed by atoms with Crippen molar-refractivity contribution in [3.63, 3.8) is 0 Å². The van der Waals surface area contributed by atoms with E-state index in [0.29, 0.717) is 10.8 Å². The van der Waals surface area contributed by atoms with Gasteiger partial charge in [0.2, 0.25) is 0 Å². The van der Waals surface area contributed by atoms with E-state index in [1.807, 2.05) is 0 Å². The molecule has 0 spiro atoms. The van der Waals surface area contributed by atoms with E-state index in [4.69, 9.17) is 11.6 Å². The molecular formula is C19H15ClN3O4-. The third kappa shape index (κ3) is 3.54. The van der Waals surface area contributed by atoms with Gasteiger partial charge in [-0.1, -0.05) is 29.8 Å². The number of rotatable bonds is 4. The molecule has 0 unspecified atom stereocenters. The van der Waals surface area contributed by atoms with E-state index in [0.717, 1.165) is 0 Å². The summed E-state index contributed by atoms with van der Waals surface area (Å²) in [6.45, 7) is 3.55. The molecule has 2 aromatic carbocycles. The lowest BCUT2D eigenvalue weighted by atomic mass is 10.1. The Morgan fingerprint density at radius 3 is 2.44 bits per heavy atom. The summed E-state index contributed by atoms with van der Waals surface area (Å²) in [5.41, 5.74) is -0.534. The van der Waals surface area contributed by atoms with Crippen molar-refractivity contribution >= 4 is 39.9 Å². The van der Waals surface area contributed by atoms with Crippen molar-refractivity contribution in [2.24, 2.45) is 0 Å². The number of aromatic nitrogens is 2. The molecule has 1 amide bonds. The lowest BCUT2D eigenvalue weighted by Gasteiger charge is -2.15. The number of carboxylic acids is 1. The predicted octanol–water partition coefficient (Wildman–Crippen LogP) is 2.25. The van der Waals surface area contributed by atoms with Gasteiger partial charge in [-0.3, -0.25) is 9.59 Å². The van der Waals surface area contributed by atoms with E-state index in [-0.39, 0.29) is 33.6 Å². The second kappa shape index (κ2) is 7.20. The van der Waals surface area contributed by atoms with Crippen LogP contribution >= 0.6 is 11.6 Å². The molecule has 1 aromatic heterocycles. The second-order valence-corrected chi connectivity index (χ2v) is 6.61. The Morgan fingerprint density at radius 1 is 1.15 bits per heavy atom. The lowest BCUT2D eigenvalue weighted by molar-refractivity contribution is -0.254. The summed E-state index contributed by atoms with van der Waals surface area (Å²) in [5.74, 6) is -2.11. The van der Waals surface area contributed by atoms with Crippen molar-refractivity contribution in [2.45, 2.75) is 19.9 Å². The van der Waals surface area contributed by atoms with Gasteiger partial charge in [0.05, 0.1) is 23.1 Å². The van der Waals surface area contributed by atoms with E-state index in [1.165, 1.54) is 22.9 Å². The number of carboxylic acid groups (broad SMARTS) is 1. The minimum atomic E-state index is -1.45. The molecule has 1 heterocycles. The number of hydrogen-bond donors (Lipinski definition) is 1. The largest absolute Gasteiger partial charge is 0.545 e. The Morgan fingerprint density at radius 2 is 1.81 bits per heavy atom. The molecule has 0 aliphatic heterocycles. The highest BCUT2D eigenvalue weighted by Crippen LogP contribution is 2.22. The predicted molar refractivity (Wildman–Crippen MR) is 100 cm³/mol. The minimum absolute atomic E-state index is 0.00294. The maximum atomic E-state index is 12.9. The summed E-state index contributed by atoms with van der Waals surface area (Å²) < 4.78 is 1.22. The smallest absolute Gasteiger partial charge is 0.276 e. The van der Waals surface area contributed by atoms with Gasteiger partial charge >= 0.3 is 0 Å². The van der Waals surface area contributed by atoms with E-state index >= 15 is 0 Å². The van der Waals surface area contributed by atoms with Gasteiger partial charge in [-0.2, -0.15) is 5.10 Å². The van der Waals surface area contributed by atoms with E-state index < -0.39 is 11.9 Å². The van der Waals surface area contributed by atoms with Crippen molar-refractivity contribution in [2.75, 3.05) is 5.32 Å². The number of halogens is 1. The molecule has 3 aromatic rings. The molecule has 7 nitrogen and oxygen atoms in total. The Labute approximate surface area is 159 Å². The standard InChI is InChI=1S/C19H16ClN3O4/c1-10(2)23-18(25)13-6-4-3-5-12(13)16(22-23)17(24)21-15-9-11(20)7-8-14(15)19(26)27/h3-10H,1-2H3,(H,21,24)(H,26,27)/p-1. The topological polar surface area (TPSA) is 104 Å². The summed E-state index contributed by atoms with van der Waals surface area (Å²) in [7, 11) is 0. The summed E-state index contributed by atoms with van der Waals surface area (Å²) in [5, 5.41) is 18.9. The first-order valence-electron chi connectivity index (χ1n) is 8.13. The number of amides is 1. The molecule has 3 rings (SSSR count). The molecule has 1 N–H and O–H groups in total. The van der Waals surface area contributed by atoms with Gasteiger partial charge < -0.3 is 15.2 Å². The fraction of sp³-hybridized carbons (Fsp3) is 0.158. The van der Waals surface area contributed by atoms with E-state index in [1.54, 1.807) is 38.1 Å². The van der Waals surface area contributed by atoms with Crippen LogP contribution in [0.15, 0.2) is 47.3 Å². The van der Waals surface area contributed by atoms with Crippen molar-refractivity contribution in [3.05, 3.63) is 69.1 Å². The maximum absolute atomic E-state index is 12.9. The Hall–Kier alpha value is -3.19. The zero-order valence-corrected chi connectivity index (χ0v) is 15.3. The molecule has 0 fully saturated rings. The van der Waals surface area contributed by atoms with Crippen LogP contribution in [-0.4, -0.2) is 21.7 Å². The second-order valence-electron chi connectivity index (χ2n) is 6.17. The molecule has 0 aliphatic carbocycles. The van der Waals surface area contributed by atoms with Crippen LogP contribution < -0.4 is 16.0 Å². The highest BCUT2D eigenvalue weighted by molar-refractivity contribution is 6.31. The van der Waals surface area contributed by atoms with Crippen molar-refractivity contribution in [3.8, 4) is 0 Å². The van der Waals surface area contributed by atoms with Gasteiger partial charge in [0.25, 0.3) is 11.5 Å². The zero-order chi connectivity index (χ0) is 19.7. The number of anilines is 1. The first kappa shape index (κ1) is 18.6. The number of nitrogens with zero attached hydrogens (tertiary/aromatic N) is 2. The van der Waals surface area contributed by atoms with Gasteiger partial charge in [-0.05, 0) is 38.1 Å². The Kier molecular flexibility index (Phi) is 4.96. The SMILES string of the molecule is CC(C)n1nc(C(=O)Nc2cc(Cl)ccc2C(=O)[O-])c2ccccc2c1=O. The van der Waals surface area contributed by atoms with Crippen molar-refractivity contribution in [1.82, 2.24) is 9.78 Å². The summed E-state index contributed by atoms with van der Waals surface area (Å²) in [4.78, 5) is 36.7. The molecule has 0 atom stereocenters. The number of hydrogen-bond acceptors (Lipinski definition) is 5. The Bertz CT molecular complexity index is 1120. The van der Waals surface area contributed by atoms with Crippen LogP contribution in [0, 0.1) is 0 Å². The van der Waals surface area contributed by atoms with Crippen LogP contribution in [-0.2, 0) is 0 Å². The number of benzene rings is 2. The molecule has 8 heteroatoms. The van der Waals surface area contributed by atoms with Crippen LogP contribution in [0.4, 0.5) is 5.69 Å². The zero-order valence-electron chi connectivity index (χ0n) is 14.5. The van der Waals surface area contributed by atoms with Gasteiger partial charge in [0.1, 0.15) is 0 Å². The van der Waals surface area contributed by atoms with Crippen LogP contribution in [0.1, 0.15) is 40.7 Å². The van der Waals surface area contributed by atoms with Gasteiger partial charge in [0.15, 0.2) is 5.69 Å². The number of fused-ring (bicyclic) bond motifs is 1. The molecule has 0 aliphatic rings. The monoisotopic (exact) mass is 384 g/mol. The fourth-order valence-corrected chi connectivity index (χ4v) is 2.88. The Balaban J connectivity index is 2.15. The van der Waals surface area contributed by atoms with Crippen LogP contribution in [0.3, 0.4) is 0 Å². The van der Waals surface area contributed by atoms with Crippen LogP contribution in [0.25, 0.3) is 10.8 Å².